The van der Waals surface area contributed by atoms with Gasteiger partial charge in [-0.2, -0.15) is 0 Å². The molecule has 0 fully saturated rings. The van der Waals surface area contributed by atoms with E-state index in [1.165, 1.54) is 14.2 Å². The van der Waals surface area contributed by atoms with Crippen LogP contribution < -0.4 is 9.47 Å². The molecule has 0 radical (unpaired) electrons. The van der Waals surface area contributed by atoms with E-state index < -0.39 is 5.97 Å². The molecule has 0 heterocycles. The number of methoxy groups -OCH3 is 2. The van der Waals surface area contributed by atoms with Crippen molar-refractivity contribution in [1.29, 1.82) is 0 Å². The van der Waals surface area contributed by atoms with Crippen molar-refractivity contribution < 1.29 is 23.7 Å². The number of hydrogen-bond donors (Lipinski definition) is 0. The summed E-state index contributed by atoms with van der Waals surface area (Å²) in [6.07, 6.45) is 0. The molecule has 5 heteroatoms. The first-order valence-corrected chi connectivity index (χ1v) is 8.82. The van der Waals surface area contributed by atoms with Crippen molar-refractivity contribution >= 4 is 5.97 Å². The molecule has 28 heavy (non-hydrogen) atoms. The van der Waals surface area contributed by atoms with Gasteiger partial charge in [0.25, 0.3) is 0 Å². The maximum atomic E-state index is 11.9. The third kappa shape index (κ3) is 4.90. The SMILES string of the molecule is COCOc1cc(-c2ccc(OCc3ccccc3)cc2)ccc1C(=O)OC. The zero-order valence-electron chi connectivity index (χ0n) is 15.9. The predicted octanol–water partition coefficient (Wildman–Crippen LogP) is 4.70. The van der Waals surface area contributed by atoms with Gasteiger partial charge in [-0.05, 0) is 41.0 Å². The summed E-state index contributed by atoms with van der Waals surface area (Å²) >= 11 is 0. The first kappa shape index (κ1) is 19.5. The first-order chi connectivity index (χ1) is 13.7. The van der Waals surface area contributed by atoms with E-state index in [0.717, 1.165) is 22.4 Å². The molecular formula is C23H22O5. The normalized spacial score (nSPS) is 10.4. The van der Waals surface area contributed by atoms with Crippen LogP contribution >= 0.6 is 0 Å². The Kier molecular flexibility index (Phi) is 6.65. The molecule has 0 unspecified atom stereocenters. The van der Waals surface area contributed by atoms with Crippen LogP contribution in [0.5, 0.6) is 11.5 Å². The zero-order chi connectivity index (χ0) is 19.8. The van der Waals surface area contributed by atoms with Crippen molar-refractivity contribution in [2.75, 3.05) is 21.0 Å². The van der Waals surface area contributed by atoms with Gasteiger partial charge in [0.2, 0.25) is 0 Å². The maximum absolute atomic E-state index is 11.9. The standard InChI is InChI=1S/C23H22O5/c1-25-16-28-22-14-19(10-13-21(22)23(24)26-2)18-8-11-20(12-9-18)27-15-17-6-4-3-5-7-17/h3-14H,15-16H2,1-2H3. The van der Waals surface area contributed by atoms with Crippen molar-refractivity contribution in [2.24, 2.45) is 0 Å². The van der Waals surface area contributed by atoms with Gasteiger partial charge in [-0.1, -0.05) is 48.5 Å². The van der Waals surface area contributed by atoms with Crippen LogP contribution in [-0.2, 0) is 16.1 Å². The molecule has 3 aromatic rings. The molecule has 0 saturated carbocycles. The molecule has 5 nitrogen and oxygen atoms in total. The number of rotatable bonds is 8. The number of benzene rings is 3. The molecule has 3 rings (SSSR count). The van der Waals surface area contributed by atoms with Crippen LogP contribution in [0.15, 0.2) is 72.8 Å². The highest BCUT2D eigenvalue weighted by molar-refractivity contribution is 5.93. The van der Waals surface area contributed by atoms with E-state index in [1.807, 2.05) is 60.7 Å². The number of carbonyl (C=O) groups is 1. The Bertz CT molecular complexity index is 904. The Hall–Kier alpha value is -3.31. The van der Waals surface area contributed by atoms with Crippen LogP contribution in [0.25, 0.3) is 11.1 Å². The summed E-state index contributed by atoms with van der Waals surface area (Å²) in [5.41, 5.74) is 3.36. The van der Waals surface area contributed by atoms with Gasteiger partial charge in [0.05, 0.1) is 7.11 Å². The predicted molar refractivity (Wildman–Crippen MR) is 106 cm³/mol. The van der Waals surface area contributed by atoms with Crippen molar-refractivity contribution in [2.45, 2.75) is 6.61 Å². The lowest BCUT2D eigenvalue weighted by Crippen LogP contribution is -2.07. The van der Waals surface area contributed by atoms with E-state index >= 15 is 0 Å². The van der Waals surface area contributed by atoms with Crippen LogP contribution in [0.1, 0.15) is 15.9 Å². The zero-order valence-corrected chi connectivity index (χ0v) is 15.9. The molecule has 0 aliphatic rings. The smallest absolute Gasteiger partial charge is 0.341 e. The lowest BCUT2D eigenvalue weighted by atomic mass is 10.0. The summed E-state index contributed by atoms with van der Waals surface area (Å²) < 4.78 is 21.1. The Labute approximate surface area is 164 Å². The molecule has 0 saturated heterocycles. The number of carbonyl (C=O) groups excluding carboxylic acids is 1. The van der Waals surface area contributed by atoms with E-state index in [2.05, 4.69) is 0 Å². The Morgan fingerprint density at radius 1 is 0.821 bits per heavy atom. The highest BCUT2D eigenvalue weighted by Gasteiger charge is 2.14. The van der Waals surface area contributed by atoms with Crippen LogP contribution in [0.2, 0.25) is 0 Å². The molecule has 0 aromatic heterocycles. The van der Waals surface area contributed by atoms with Crippen LogP contribution in [0.4, 0.5) is 0 Å². The maximum Gasteiger partial charge on any atom is 0.341 e. The second-order valence-electron chi connectivity index (χ2n) is 6.05. The summed E-state index contributed by atoms with van der Waals surface area (Å²) in [5.74, 6) is 0.743. The number of ether oxygens (including phenoxy) is 4. The van der Waals surface area contributed by atoms with Crippen LogP contribution in [0, 0.1) is 0 Å². The van der Waals surface area contributed by atoms with E-state index in [9.17, 15) is 4.79 Å². The minimum absolute atomic E-state index is 0.0414. The monoisotopic (exact) mass is 378 g/mol. The molecule has 0 aliphatic carbocycles. The number of hydrogen-bond acceptors (Lipinski definition) is 5. The Balaban J connectivity index is 1.76. The molecule has 0 aliphatic heterocycles. The van der Waals surface area contributed by atoms with E-state index in [0.29, 0.717) is 17.9 Å². The summed E-state index contributed by atoms with van der Waals surface area (Å²) in [7, 11) is 2.86. The molecule has 0 amide bonds. The fraction of sp³-hybridized carbons (Fsp3) is 0.174. The average Bonchev–Trinajstić information content (AvgIpc) is 2.76. The summed E-state index contributed by atoms with van der Waals surface area (Å²) in [5, 5.41) is 0. The van der Waals surface area contributed by atoms with Gasteiger partial charge >= 0.3 is 5.97 Å². The van der Waals surface area contributed by atoms with Crippen molar-refractivity contribution in [3.05, 3.63) is 83.9 Å². The van der Waals surface area contributed by atoms with Gasteiger partial charge in [-0.3, -0.25) is 0 Å². The molecule has 0 N–H and O–H groups in total. The molecule has 144 valence electrons. The fourth-order valence-corrected chi connectivity index (χ4v) is 2.71. The quantitative estimate of drug-likeness (QED) is 0.420. The molecule has 3 aromatic carbocycles. The Morgan fingerprint density at radius 3 is 2.21 bits per heavy atom. The molecule has 0 atom stereocenters. The highest BCUT2D eigenvalue weighted by Crippen LogP contribution is 2.29. The fourth-order valence-electron chi connectivity index (χ4n) is 2.71. The van der Waals surface area contributed by atoms with Gasteiger partial charge < -0.3 is 18.9 Å². The van der Waals surface area contributed by atoms with Gasteiger partial charge in [0.1, 0.15) is 23.7 Å². The van der Waals surface area contributed by atoms with Crippen molar-refractivity contribution in [3.63, 3.8) is 0 Å². The third-order valence-corrected chi connectivity index (χ3v) is 4.16. The second kappa shape index (κ2) is 9.58. The summed E-state index contributed by atoms with van der Waals surface area (Å²) in [6, 6.07) is 23.1. The number of esters is 1. The largest absolute Gasteiger partial charge is 0.489 e. The summed E-state index contributed by atoms with van der Waals surface area (Å²) in [6.45, 7) is 0.558. The first-order valence-electron chi connectivity index (χ1n) is 8.82. The molecule has 0 spiro atoms. The minimum Gasteiger partial charge on any atom is -0.489 e. The molecule has 0 bridgehead atoms. The van der Waals surface area contributed by atoms with E-state index in [4.69, 9.17) is 18.9 Å². The van der Waals surface area contributed by atoms with Gasteiger partial charge in [0, 0.05) is 7.11 Å². The lowest BCUT2D eigenvalue weighted by Gasteiger charge is -2.12. The van der Waals surface area contributed by atoms with Crippen LogP contribution in [0.3, 0.4) is 0 Å². The Morgan fingerprint density at radius 2 is 1.54 bits per heavy atom. The molecular weight excluding hydrogens is 356 g/mol. The van der Waals surface area contributed by atoms with Crippen molar-refractivity contribution in [1.82, 2.24) is 0 Å². The van der Waals surface area contributed by atoms with Gasteiger partial charge in [-0.25, -0.2) is 4.79 Å². The van der Waals surface area contributed by atoms with Crippen molar-refractivity contribution in [3.8, 4) is 22.6 Å². The average molecular weight is 378 g/mol. The lowest BCUT2D eigenvalue weighted by molar-refractivity contribution is 0.0465. The summed E-state index contributed by atoms with van der Waals surface area (Å²) in [4.78, 5) is 11.9. The van der Waals surface area contributed by atoms with E-state index in [1.54, 1.807) is 12.1 Å². The highest BCUT2D eigenvalue weighted by atomic mass is 16.7. The van der Waals surface area contributed by atoms with Gasteiger partial charge in [-0.15, -0.1) is 0 Å². The minimum atomic E-state index is -0.456. The topological polar surface area (TPSA) is 54.0 Å². The van der Waals surface area contributed by atoms with Gasteiger partial charge in [0.15, 0.2) is 6.79 Å². The second-order valence-corrected chi connectivity index (χ2v) is 6.05. The van der Waals surface area contributed by atoms with E-state index in [-0.39, 0.29) is 6.79 Å². The van der Waals surface area contributed by atoms with Crippen LogP contribution in [-0.4, -0.2) is 27.0 Å². The third-order valence-electron chi connectivity index (χ3n) is 4.16.